The number of aromatic nitrogens is 2. The lowest BCUT2D eigenvalue weighted by Gasteiger charge is -2.16. The van der Waals surface area contributed by atoms with Gasteiger partial charge in [-0.2, -0.15) is 0 Å². The van der Waals surface area contributed by atoms with Gasteiger partial charge in [0.2, 0.25) is 5.91 Å². The molecule has 1 fully saturated rings. The molecule has 1 amide bonds. The second-order valence-electron chi connectivity index (χ2n) is 6.65. The van der Waals surface area contributed by atoms with Gasteiger partial charge in [0, 0.05) is 31.0 Å². The first-order valence-electron chi connectivity index (χ1n) is 8.61. The summed E-state index contributed by atoms with van der Waals surface area (Å²) in [5, 5.41) is 0. The van der Waals surface area contributed by atoms with Gasteiger partial charge in [-0.25, -0.2) is 0 Å². The first-order chi connectivity index (χ1) is 12.1. The SMILES string of the molecule is Cc1cccc(-c2cnc3c(Br)cn(CC(=O)N4CCCC4)c3c2)c1. The maximum atomic E-state index is 12.5. The number of hydrogen-bond acceptors (Lipinski definition) is 2. The van der Waals surface area contributed by atoms with E-state index in [4.69, 9.17) is 0 Å². The highest BCUT2D eigenvalue weighted by Gasteiger charge is 2.19. The van der Waals surface area contributed by atoms with Gasteiger partial charge in [0.15, 0.2) is 0 Å². The quantitative estimate of drug-likeness (QED) is 0.656. The maximum absolute atomic E-state index is 12.5. The molecule has 1 aliphatic heterocycles. The zero-order valence-electron chi connectivity index (χ0n) is 14.2. The Labute approximate surface area is 155 Å². The van der Waals surface area contributed by atoms with Gasteiger partial charge in [-0.1, -0.05) is 29.8 Å². The highest BCUT2D eigenvalue weighted by Crippen LogP contribution is 2.29. The van der Waals surface area contributed by atoms with Gasteiger partial charge < -0.3 is 9.47 Å². The number of likely N-dealkylation sites (tertiary alicyclic amines) is 1. The third kappa shape index (κ3) is 3.21. The van der Waals surface area contributed by atoms with Crippen LogP contribution in [-0.2, 0) is 11.3 Å². The number of hydrogen-bond donors (Lipinski definition) is 0. The fourth-order valence-corrected chi connectivity index (χ4v) is 4.00. The molecule has 0 atom stereocenters. The lowest BCUT2D eigenvalue weighted by atomic mass is 10.1. The molecule has 3 aromatic rings. The van der Waals surface area contributed by atoms with E-state index >= 15 is 0 Å². The zero-order chi connectivity index (χ0) is 17.4. The molecule has 5 heteroatoms. The number of halogens is 1. The molecule has 1 aliphatic rings. The number of fused-ring (bicyclic) bond motifs is 1. The van der Waals surface area contributed by atoms with Crippen LogP contribution in [0.5, 0.6) is 0 Å². The predicted octanol–water partition coefficient (Wildman–Crippen LogP) is 4.40. The number of pyridine rings is 1. The molecule has 0 unspecified atom stereocenters. The number of rotatable bonds is 3. The highest BCUT2D eigenvalue weighted by atomic mass is 79.9. The third-order valence-electron chi connectivity index (χ3n) is 4.79. The summed E-state index contributed by atoms with van der Waals surface area (Å²) in [6.07, 6.45) is 6.09. The van der Waals surface area contributed by atoms with E-state index in [1.54, 1.807) is 0 Å². The van der Waals surface area contributed by atoms with Crippen molar-refractivity contribution in [2.24, 2.45) is 0 Å². The Balaban J connectivity index is 1.72. The minimum absolute atomic E-state index is 0.183. The largest absolute Gasteiger partial charge is 0.341 e. The van der Waals surface area contributed by atoms with Gasteiger partial charge in [0.25, 0.3) is 0 Å². The van der Waals surface area contributed by atoms with Crippen molar-refractivity contribution < 1.29 is 4.79 Å². The lowest BCUT2D eigenvalue weighted by molar-refractivity contribution is -0.130. The highest BCUT2D eigenvalue weighted by molar-refractivity contribution is 9.10. The van der Waals surface area contributed by atoms with Crippen LogP contribution in [-0.4, -0.2) is 33.4 Å². The third-order valence-corrected chi connectivity index (χ3v) is 5.37. The molecule has 25 heavy (non-hydrogen) atoms. The normalized spacial score (nSPS) is 14.4. The predicted molar refractivity (Wildman–Crippen MR) is 103 cm³/mol. The van der Waals surface area contributed by atoms with Crippen molar-refractivity contribution in [2.75, 3.05) is 13.1 Å². The number of nitrogens with zero attached hydrogens (tertiary/aromatic N) is 3. The van der Waals surface area contributed by atoms with Crippen LogP contribution in [0.3, 0.4) is 0 Å². The summed E-state index contributed by atoms with van der Waals surface area (Å²) in [7, 11) is 0. The van der Waals surface area contributed by atoms with Crippen LogP contribution in [0.2, 0.25) is 0 Å². The maximum Gasteiger partial charge on any atom is 0.242 e. The second-order valence-corrected chi connectivity index (χ2v) is 7.51. The van der Waals surface area contributed by atoms with Crippen molar-refractivity contribution in [3.8, 4) is 11.1 Å². The fraction of sp³-hybridized carbons (Fsp3) is 0.300. The van der Waals surface area contributed by atoms with Gasteiger partial charge in [-0.15, -0.1) is 0 Å². The average Bonchev–Trinajstić information content (AvgIpc) is 3.24. The van der Waals surface area contributed by atoms with Crippen LogP contribution in [0.15, 0.2) is 47.2 Å². The Morgan fingerprint density at radius 1 is 1.20 bits per heavy atom. The van der Waals surface area contributed by atoms with Crippen molar-refractivity contribution >= 4 is 32.9 Å². The summed E-state index contributed by atoms with van der Waals surface area (Å²) in [5.41, 5.74) is 5.31. The number of aryl methyl sites for hydroxylation is 1. The first-order valence-corrected chi connectivity index (χ1v) is 9.40. The van der Waals surface area contributed by atoms with E-state index < -0.39 is 0 Å². The number of carbonyl (C=O) groups is 1. The molecule has 1 aromatic carbocycles. The van der Waals surface area contributed by atoms with E-state index in [0.717, 1.165) is 52.6 Å². The minimum Gasteiger partial charge on any atom is -0.341 e. The van der Waals surface area contributed by atoms with Crippen molar-refractivity contribution in [1.29, 1.82) is 0 Å². The number of carbonyl (C=O) groups excluding carboxylic acids is 1. The Bertz CT molecular complexity index is 941. The first kappa shape index (κ1) is 16.3. The smallest absolute Gasteiger partial charge is 0.242 e. The molecule has 0 spiro atoms. The van der Waals surface area contributed by atoms with E-state index in [-0.39, 0.29) is 5.91 Å². The Hall–Kier alpha value is -2.14. The van der Waals surface area contributed by atoms with Crippen molar-refractivity contribution in [3.63, 3.8) is 0 Å². The summed E-state index contributed by atoms with van der Waals surface area (Å²) >= 11 is 3.58. The molecule has 0 radical (unpaired) electrons. The van der Waals surface area contributed by atoms with Crippen molar-refractivity contribution in [3.05, 3.63) is 52.8 Å². The molecular weight excluding hydrogens is 378 g/mol. The molecule has 1 saturated heterocycles. The van der Waals surface area contributed by atoms with Crippen LogP contribution < -0.4 is 0 Å². The van der Waals surface area contributed by atoms with Crippen LogP contribution >= 0.6 is 15.9 Å². The summed E-state index contributed by atoms with van der Waals surface area (Å²) in [6.45, 7) is 4.21. The summed E-state index contributed by atoms with van der Waals surface area (Å²) in [4.78, 5) is 19.1. The fourth-order valence-electron chi connectivity index (χ4n) is 3.45. The summed E-state index contributed by atoms with van der Waals surface area (Å²) in [5.74, 6) is 0.183. The Morgan fingerprint density at radius 3 is 2.76 bits per heavy atom. The van der Waals surface area contributed by atoms with Crippen LogP contribution in [0.25, 0.3) is 22.2 Å². The minimum atomic E-state index is 0.183. The van der Waals surface area contributed by atoms with E-state index in [0.29, 0.717) is 6.54 Å². The molecule has 0 aliphatic carbocycles. The molecule has 2 aromatic heterocycles. The number of benzene rings is 1. The molecule has 3 heterocycles. The molecule has 0 bridgehead atoms. The molecule has 128 valence electrons. The zero-order valence-corrected chi connectivity index (χ0v) is 15.8. The second kappa shape index (κ2) is 6.64. The van der Waals surface area contributed by atoms with Crippen molar-refractivity contribution in [1.82, 2.24) is 14.5 Å². The van der Waals surface area contributed by atoms with E-state index in [1.807, 2.05) is 21.9 Å². The topological polar surface area (TPSA) is 38.1 Å². The molecular formula is C20H20BrN3O. The molecule has 0 N–H and O–H groups in total. The van der Waals surface area contributed by atoms with Crippen LogP contribution in [0.1, 0.15) is 18.4 Å². The monoisotopic (exact) mass is 397 g/mol. The molecule has 4 nitrogen and oxygen atoms in total. The average molecular weight is 398 g/mol. The van der Waals surface area contributed by atoms with Crippen molar-refractivity contribution in [2.45, 2.75) is 26.3 Å². The van der Waals surface area contributed by atoms with Gasteiger partial charge in [-0.3, -0.25) is 9.78 Å². The Morgan fingerprint density at radius 2 is 2.00 bits per heavy atom. The van der Waals surface area contributed by atoms with Gasteiger partial charge in [-0.05, 0) is 47.3 Å². The van der Waals surface area contributed by atoms with Crippen LogP contribution in [0, 0.1) is 6.92 Å². The van der Waals surface area contributed by atoms with E-state index in [1.165, 1.54) is 5.56 Å². The lowest BCUT2D eigenvalue weighted by Crippen LogP contribution is -2.30. The van der Waals surface area contributed by atoms with E-state index in [9.17, 15) is 4.79 Å². The van der Waals surface area contributed by atoms with Gasteiger partial charge >= 0.3 is 0 Å². The summed E-state index contributed by atoms with van der Waals surface area (Å²) in [6, 6.07) is 10.5. The van der Waals surface area contributed by atoms with Gasteiger partial charge in [0.1, 0.15) is 12.1 Å². The van der Waals surface area contributed by atoms with Crippen LogP contribution in [0.4, 0.5) is 0 Å². The molecule has 4 rings (SSSR count). The van der Waals surface area contributed by atoms with E-state index in [2.05, 4.69) is 58.2 Å². The number of amides is 1. The van der Waals surface area contributed by atoms with Gasteiger partial charge in [0.05, 0.1) is 9.99 Å². The molecule has 0 saturated carbocycles. The summed E-state index contributed by atoms with van der Waals surface area (Å²) < 4.78 is 2.93. The Kier molecular flexibility index (Phi) is 4.34. The standard InChI is InChI=1S/C20H20BrN3O/c1-14-5-4-6-15(9-14)16-10-18-20(22-11-16)17(21)12-24(18)13-19(25)23-7-2-3-8-23/h4-6,9-12H,2-3,7-8,13H2,1H3.